The third kappa shape index (κ3) is 3.52. The Kier molecular flexibility index (Phi) is 4.45. The van der Waals surface area contributed by atoms with Crippen molar-refractivity contribution in [1.82, 2.24) is 0 Å². The summed E-state index contributed by atoms with van der Waals surface area (Å²) in [5.41, 5.74) is 0.807. The molecular weight excluding hydrogens is 294 g/mol. The van der Waals surface area contributed by atoms with Crippen molar-refractivity contribution >= 4 is 29.2 Å². The predicted molar refractivity (Wildman–Crippen MR) is 79.4 cm³/mol. The summed E-state index contributed by atoms with van der Waals surface area (Å²) in [7, 11) is 1.51. The summed E-state index contributed by atoms with van der Waals surface area (Å²) in [6, 6.07) is 10.8. The fourth-order valence-corrected chi connectivity index (χ4v) is 1.94. The Hall–Kier alpha value is -2.53. The van der Waals surface area contributed by atoms with Gasteiger partial charge >= 0.3 is 5.97 Å². The Morgan fingerprint density at radius 3 is 2.52 bits per heavy atom. The van der Waals surface area contributed by atoms with E-state index in [1.54, 1.807) is 24.3 Å². The molecule has 21 heavy (non-hydrogen) atoms. The van der Waals surface area contributed by atoms with Crippen LogP contribution in [0.1, 0.15) is 20.7 Å². The number of carboxylic acids is 1. The highest BCUT2D eigenvalue weighted by molar-refractivity contribution is 6.34. The van der Waals surface area contributed by atoms with E-state index in [-0.39, 0.29) is 16.5 Å². The molecule has 2 aromatic rings. The smallest absolute Gasteiger partial charge is 0.335 e. The Morgan fingerprint density at radius 1 is 1.14 bits per heavy atom. The van der Waals surface area contributed by atoms with Crippen LogP contribution in [0.3, 0.4) is 0 Å². The van der Waals surface area contributed by atoms with Gasteiger partial charge in [-0.2, -0.15) is 0 Å². The molecule has 0 saturated carbocycles. The van der Waals surface area contributed by atoms with E-state index in [9.17, 15) is 9.59 Å². The summed E-state index contributed by atoms with van der Waals surface area (Å²) < 4.78 is 5.05. The zero-order valence-electron chi connectivity index (χ0n) is 11.1. The Bertz CT molecular complexity index is 700. The van der Waals surface area contributed by atoms with Crippen LogP contribution in [0.15, 0.2) is 42.5 Å². The molecule has 0 bridgehead atoms. The number of amides is 1. The molecule has 2 aromatic carbocycles. The van der Waals surface area contributed by atoms with Crippen LogP contribution in [-0.4, -0.2) is 24.1 Å². The number of carbonyl (C=O) groups is 2. The fraction of sp³-hybridized carbons (Fsp3) is 0.0667. The van der Waals surface area contributed by atoms with E-state index in [0.717, 1.165) is 0 Å². The molecule has 6 heteroatoms. The number of rotatable bonds is 4. The summed E-state index contributed by atoms with van der Waals surface area (Å²) >= 11 is 5.96. The summed E-state index contributed by atoms with van der Waals surface area (Å²) in [5.74, 6) is -0.878. The molecule has 0 heterocycles. The number of nitrogens with one attached hydrogen (secondary N) is 1. The first-order valence-corrected chi connectivity index (χ1v) is 6.37. The average Bonchev–Trinajstić information content (AvgIpc) is 2.49. The van der Waals surface area contributed by atoms with Crippen LogP contribution in [0, 0.1) is 0 Å². The first-order valence-electron chi connectivity index (χ1n) is 5.99. The lowest BCUT2D eigenvalue weighted by molar-refractivity contribution is 0.0696. The molecule has 1 amide bonds. The van der Waals surface area contributed by atoms with Crippen molar-refractivity contribution in [3.63, 3.8) is 0 Å². The molecule has 2 rings (SSSR count). The number of carbonyl (C=O) groups excluding carboxylic acids is 1. The molecule has 0 aromatic heterocycles. The molecule has 2 N–H and O–H groups in total. The summed E-state index contributed by atoms with van der Waals surface area (Å²) in [6.45, 7) is 0. The van der Waals surface area contributed by atoms with Crippen molar-refractivity contribution in [1.29, 1.82) is 0 Å². The van der Waals surface area contributed by atoms with Gasteiger partial charge in [0.1, 0.15) is 5.75 Å². The molecule has 0 radical (unpaired) electrons. The monoisotopic (exact) mass is 305 g/mol. The van der Waals surface area contributed by atoms with Crippen LogP contribution in [-0.2, 0) is 0 Å². The molecule has 5 nitrogen and oxygen atoms in total. The minimum Gasteiger partial charge on any atom is -0.497 e. The van der Waals surface area contributed by atoms with Gasteiger partial charge in [-0.15, -0.1) is 0 Å². The number of benzene rings is 2. The number of hydrogen-bond donors (Lipinski definition) is 2. The number of methoxy groups -OCH3 is 1. The van der Waals surface area contributed by atoms with Crippen molar-refractivity contribution in [2.45, 2.75) is 0 Å². The van der Waals surface area contributed by atoms with E-state index >= 15 is 0 Å². The van der Waals surface area contributed by atoms with Crippen molar-refractivity contribution in [3.05, 3.63) is 58.6 Å². The first-order chi connectivity index (χ1) is 10.0. The Morgan fingerprint density at radius 2 is 1.90 bits per heavy atom. The van der Waals surface area contributed by atoms with E-state index in [1.807, 2.05) is 0 Å². The third-order valence-corrected chi connectivity index (χ3v) is 3.11. The number of aromatic carboxylic acids is 1. The van der Waals surface area contributed by atoms with E-state index in [4.69, 9.17) is 21.4 Å². The Labute approximate surface area is 126 Å². The minimum atomic E-state index is -1.08. The van der Waals surface area contributed by atoms with Gasteiger partial charge in [0.2, 0.25) is 0 Å². The predicted octanol–water partition coefficient (Wildman–Crippen LogP) is 3.30. The molecule has 0 atom stereocenters. The number of halogens is 1. The van der Waals surface area contributed by atoms with E-state index in [2.05, 4.69) is 5.32 Å². The maximum atomic E-state index is 12.1. The van der Waals surface area contributed by atoms with Gasteiger partial charge in [-0.1, -0.05) is 17.7 Å². The van der Waals surface area contributed by atoms with Crippen molar-refractivity contribution in [2.24, 2.45) is 0 Å². The van der Waals surface area contributed by atoms with Gasteiger partial charge in [0.25, 0.3) is 5.91 Å². The number of hydrogen-bond acceptors (Lipinski definition) is 3. The second-order valence-corrected chi connectivity index (χ2v) is 4.59. The number of ether oxygens (including phenoxy) is 1. The van der Waals surface area contributed by atoms with Gasteiger partial charge in [0.05, 0.1) is 23.4 Å². The van der Waals surface area contributed by atoms with Crippen molar-refractivity contribution in [2.75, 3.05) is 12.4 Å². The molecule has 0 saturated heterocycles. The molecule has 0 unspecified atom stereocenters. The fourth-order valence-electron chi connectivity index (χ4n) is 1.71. The van der Waals surface area contributed by atoms with Crippen LogP contribution < -0.4 is 10.1 Å². The zero-order chi connectivity index (χ0) is 15.4. The van der Waals surface area contributed by atoms with Crippen LogP contribution in [0.5, 0.6) is 5.75 Å². The van der Waals surface area contributed by atoms with Crippen LogP contribution in [0.4, 0.5) is 5.69 Å². The first kappa shape index (κ1) is 14.9. The quantitative estimate of drug-likeness (QED) is 0.908. The lowest BCUT2D eigenvalue weighted by Crippen LogP contribution is -2.12. The van der Waals surface area contributed by atoms with Gasteiger partial charge in [0.15, 0.2) is 0 Å². The van der Waals surface area contributed by atoms with Crippen LogP contribution in [0.2, 0.25) is 5.02 Å². The highest BCUT2D eigenvalue weighted by Gasteiger charge is 2.11. The van der Waals surface area contributed by atoms with Crippen molar-refractivity contribution < 1.29 is 19.4 Å². The molecule has 0 fully saturated rings. The van der Waals surface area contributed by atoms with Crippen molar-refractivity contribution in [3.8, 4) is 5.75 Å². The average molecular weight is 306 g/mol. The number of carboxylic acid groups (broad SMARTS) is 1. The number of anilines is 1. The normalized spacial score (nSPS) is 10.0. The second kappa shape index (κ2) is 6.28. The highest BCUT2D eigenvalue weighted by Crippen LogP contribution is 2.24. The summed E-state index contributed by atoms with van der Waals surface area (Å²) in [4.78, 5) is 22.9. The van der Waals surface area contributed by atoms with E-state index in [0.29, 0.717) is 17.0 Å². The maximum Gasteiger partial charge on any atom is 0.335 e. The second-order valence-electron chi connectivity index (χ2n) is 4.19. The highest BCUT2D eigenvalue weighted by atomic mass is 35.5. The maximum absolute atomic E-state index is 12.1. The standard InChI is InChI=1S/C15H12ClNO4/c1-21-11-4-2-3-9(7-11)14(18)17-13-6-5-10(15(19)20)8-12(13)16/h2-8H,1H3,(H,17,18)(H,19,20). The summed E-state index contributed by atoms with van der Waals surface area (Å²) in [5, 5.41) is 11.6. The molecule has 0 aliphatic carbocycles. The topological polar surface area (TPSA) is 75.6 Å². The largest absolute Gasteiger partial charge is 0.497 e. The molecule has 0 aliphatic heterocycles. The van der Waals surface area contributed by atoms with Gasteiger partial charge in [-0.05, 0) is 36.4 Å². The van der Waals surface area contributed by atoms with Gasteiger partial charge in [-0.25, -0.2) is 4.79 Å². The van der Waals surface area contributed by atoms with Gasteiger partial charge < -0.3 is 15.2 Å². The lowest BCUT2D eigenvalue weighted by Gasteiger charge is -2.09. The summed E-state index contributed by atoms with van der Waals surface area (Å²) in [6.07, 6.45) is 0. The van der Waals surface area contributed by atoms with Crippen LogP contribution in [0.25, 0.3) is 0 Å². The third-order valence-electron chi connectivity index (χ3n) is 2.80. The SMILES string of the molecule is COc1cccc(C(=O)Nc2ccc(C(=O)O)cc2Cl)c1. The van der Waals surface area contributed by atoms with Crippen LogP contribution >= 0.6 is 11.6 Å². The molecule has 108 valence electrons. The zero-order valence-corrected chi connectivity index (χ0v) is 11.8. The minimum absolute atomic E-state index is 0.0550. The lowest BCUT2D eigenvalue weighted by atomic mass is 10.1. The molecule has 0 spiro atoms. The van der Waals surface area contributed by atoms with Gasteiger partial charge in [-0.3, -0.25) is 4.79 Å². The van der Waals surface area contributed by atoms with Gasteiger partial charge in [0, 0.05) is 5.56 Å². The molecule has 0 aliphatic rings. The Balaban J connectivity index is 2.21. The van der Waals surface area contributed by atoms with E-state index < -0.39 is 5.97 Å². The van der Waals surface area contributed by atoms with E-state index in [1.165, 1.54) is 25.3 Å². The molecular formula is C15H12ClNO4.